The van der Waals surface area contributed by atoms with Crippen molar-refractivity contribution in [3.8, 4) is 0 Å². The maximum atomic E-state index is 10.9. The number of hydrogen-bond acceptors (Lipinski definition) is 5. The number of aliphatic hydroxyl groups is 1. The number of hydrogen-bond donors (Lipinski definition) is 2. The summed E-state index contributed by atoms with van der Waals surface area (Å²) >= 11 is 1.64. The highest BCUT2D eigenvalue weighted by atomic mass is 32.1. The van der Waals surface area contributed by atoms with Gasteiger partial charge in [0.2, 0.25) is 4.96 Å². The van der Waals surface area contributed by atoms with E-state index in [-0.39, 0.29) is 5.41 Å². The van der Waals surface area contributed by atoms with Gasteiger partial charge in [-0.25, -0.2) is 9.50 Å². The molecule has 1 aliphatic carbocycles. The van der Waals surface area contributed by atoms with Gasteiger partial charge in [0.15, 0.2) is 0 Å². The van der Waals surface area contributed by atoms with Crippen LogP contribution in [0.5, 0.6) is 0 Å². The zero-order valence-electron chi connectivity index (χ0n) is 15.5. The Hall–Kier alpha value is -0.980. The van der Waals surface area contributed by atoms with Gasteiger partial charge in [-0.2, -0.15) is 5.10 Å². The lowest BCUT2D eigenvalue weighted by Crippen LogP contribution is -2.48. The Morgan fingerprint density at radius 2 is 2.00 bits per heavy atom. The molecule has 0 atom stereocenters. The van der Waals surface area contributed by atoms with Crippen LogP contribution in [0.25, 0.3) is 4.96 Å². The molecule has 5 nitrogen and oxygen atoms in total. The van der Waals surface area contributed by atoms with Crippen LogP contribution >= 0.6 is 11.3 Å². The summed E-state index contributed by atoms with van der Waals surface area (Å²) in [6, 6.07) is 0. The van der Waals surface area contributed by atoms with Crippen molar-refractivity contribution in [1.29, 1.82) is 0 Å². The van der Waals surface area contributed by atoms with Gasteiger partial charge in [-0.15, -0.1) is 0 Å². The average Bonchev–Trinajstić information content (AvgIpc) is 3.15. The van der Waals surface area contributed by atoms with Crippen molar-refractivity contribution in [2.24, 2.45) is 5.41 Å². The number of fused-ring (bicyclic) bond motifs is 1. The molecule has 0 bridgehead atoms. The SMILES string of the molecule is Cc1nn2c(CNCC(C)(C)C3(O)CCCC3)c(C(C)C)nc2s1. The average molecular weight is 351 g/mol. The summed E-state index contributed by atoms with van der Waals surface area (Å²) in [4.78, 5) is 5.74. The van der Waals surface area contributed by atoms with E-state index in [1.54, 1.807) is 11.3 Å². The van der Waals surface area contributed by atoms with Gasteiger partial charge in [-0.3, -0.25) is 0 Å². The Balaban J connectivity index is 1.74. The van der Waals surface area contributed by atoms with Crippen molar-refractivity contribution in [3.05, 3.63) is 16.4 Å². The van der Waals surface area contributed by atoms with Crippen LogP contribution in [0, 0.1) is 12.3 Å². The molecule has 2 heterocycles. The zero-order chi connectivity index (χ0) is 17.5. The normalized spacial score (nSPS) is 18.1. The highest BCUT2D eigenvalue weighted by Crippen LogP contribution is 2.43. The number of imidazole rings is 1. The molecular weight excluding hydrogens is 320 g/mol. The van der Waals surface area contributed by atoms with Gasteiger partial charge in [0.1, 0.15) is 5.01 Å². The minimum absolute atomic E-state index is 0.136. The largest absolute Gasteiger partial charge is 0.389 e. The zero-order valence-corrected chi connectivity index (χ0v) is 16.3. The standard InChI is InChI=1S/C18H30N4OS/c1-12(2)15-14(22-16(20-15)24-13(3)21-22)10-19-11-17(4,5)18(23)8-6-7-9-18/h12,19,23H,6-11H2,1-5H3. The Labute approximate surface area is 148 Å². The fraction of sp³-hybridized carbons (Fsp3) is 0.778. The lowest BCUT2D eigenvalue weighted by molar-refractivity contribution is -0.0602. The van der Waals surface area contributed by atoms with Crippen molar-refractivity contribution < 1.29 is 5.11 Å². The molecule has 1 saturated carbocycles. The van der Waals surface area contributed by atoms with Crippen LogP contribution in [0.3, 0.4) is 0 Å². The summed E-state index contributed by atoms with van der Waals surface area (Å²) in [5.74, 6) is 0.378. The third-order valence-corrected chi connectivity index (χ3v) is 6.35. The van der Waals surface area contributed by atoms with E-state index in [9.17, 15) is 5.11 Å². The van der Waals surface area contributed by atoms with E-state index in [1.807, 2.05) is 11.4 Å². The molecule has 0 saturated heterocycles. The Bertz CT molecular complexity index is 710. The first-order chi connectivity index (χ1) is 11.2. The van der Waals surface area contributed by atoms with Crippen molar-refractivity contribution in [2.75, 3.05) is 6.54 Å². The molecule has 2 aromatic heterocycles. The molecular formula is C18H30N4OS. The predicted octanol–water partition coefficient (Wildman–Crippen LogP) is 3.64. The maximum absolute atomic E-state index is 10.9. The molecule has 2 N–H and O–H groups in total. The van der Waals surface area contributed by atoms with E-state index in [4.69, 9.17) is 4.98 Å². The van der Waals surface area contributed by atoms with Crippen LogP contribution in [0.15, 0.2) is 0 Å². The summed E-state index contributed by atoms with van der Waals surface area (Å²) in [5, 5.41) is 20.1. The van der Waals surface area contributed by atoms with Gasteiger partial charge in [-0.05, 0) is 25.7 Å². The van der Waals surface area contributed by atoms with Gasteiger partial charge in [0.25, 0.3) is 0 Å². The summed E-state index contributed by atoms with van der Waals surface area (Å²) in [6.45, 7) is 12.2. The molecule has 3 rings (SSSR count). The van der Waals surface area contributed by atoms with E-state index < -0.39 is 5.60 Å². The van der Waals surface area contributed by atoms with Crippen LogP contribution < -0.4 is 5.32 Å². The van der Waals surface area contributed by atoms with Crippen molar-refractivity contribution >= 4 is 16.3 Å². The maximum Gasteiger partial charge on any atom is 0.212 e. The smallest absolute Gasteiger partial charge is 0.212 e. The summed E-state index contributed by atoms with van der Waals surface area (Å²) in [6.07, 6.45) is 4.11. The fourth-order valence-corrected chi connectivity index (χ4v) is 4.59. The molecule has 0 radical (unpaired) electrons. The second-order valence-electron chi connectivity index (χ2n) is 8.14. The lowest BCUT2D eigenvalue weighted by atomic mass is 9.73. The van der Waals surface area contributed by atoms with E-state index in [0.717, 1.165) is 60.1 Å². The Kier molecular flexibility index (Phi) is 4.75. The highest BCUT2D eigenvalue weighted by molar-refractivity contribution is 7.16. The topological polar surface area (TPSA) is 62.5 Å². The number of nitrogens with one attached hydrogen (secondary N) is 1. The molecule has 24 heavy (non-hydrogen) atoms. The molecule has 6 heteroatoms. The predicted molar refractivity (Wildman–Crippen MR) is 98.6 cm³/mol. The fourth-order valence-electron chi connectivity index (χ4n) is 3.82. The molecule has 134 valence electrons. The van der Waals surface area contributed by atoms with Gasteiger partial charge in [0, 0.05) is 18.5 Å². The minimum Gasteiger partial charge on any atom is -0.389 e. The molecule has 0 aromatic carbocycles. The summed E-state index contributed by atoms with van der Waals surface area (Å²) < 4.78 is 1.99. The number of aromatic nitrogens is 3. The van der Waals surface area contributed by atoms with Gasteiger partial charge in [0.05, 0.1) is 17.0 Å². The second-order valence-corrected chi connectivity index (χ2v) is 9.30. The van der Waals surface area contributed by atoms with E-state index in [1.165, 1.54) is 0 Å². The van der Waals surface area contributed by atoms with Crippen LogP contribution in [-0.4, -0.2) is 31.9 Å². The monoisotopic (exact) mass is 350 g/mol. The molecule has 0 spiro atoms. The first-order valence-corrected chi connectivity index (χ1v) is 9.83. The first kappa shape index (κ1) is 17.8. The molecule has 1 fully saturated rings. The van der Waals surface area contributed by atoms with Gasteiger partial charge < -0.3 is 10.4 Å². The van der Waals surface area contributed by atoms with Gasteiger partial charge >= 0.3 is 0 Å². The van der Waals surface area contributed by atoms with Crippen LogP contribution in [-0.2, 0) is 6.54 Å². The molecule has 0 amide bonds. The van der Waals surface area contributed by atoms with Crippen LogP contribution in [0.2, 0.25) is 0 Å². The Morgan fingerprint density at radius 3 is 2.62 bits per heavy atom. The van der Waals surface area contributed by atoms with Crippen molar-refractivity contribution in [3.63, 3.8) is 0 Å². The minimum atomic E-state index is -0.537. The Morgan fingerprint density at radius 1 is 1.33 bits per heavy atom. The number of nitrogens with zero attached hydrogens (tertiary/aromatic N) is 3. The first-order valence-electron chi connectivity index (χ1n) is 9.01. The number of rotatable bonds is 6. The molecule has 2 aromatic rings. The van der Waals surface area contributed by atoms with Crippen molar-refractivity contribution in [2.45, 2.75) is 78.4 Å². The van der Waals surface area contributed by atoms with E-state index in [2.05, 4.69) is 38.1 Å². The quantitative estimate of drug-likeness (QED) is 0.835. The lowest BCUT2D eigenvalue weighted by Gasteiger charge is -2.40. The molecule has 1 aliphatic rings. The van der Waals surface area contributed by atoms with Crippen LogP contribution in [0.4, 0.5) is 0 Å². The van der Waals surface area contributed by atoms with Gasteiger partial charge in [-0.1, -0.05) is 51.9 Å². The summed E-state index contributed by atoms with van der Waals surface area (Å²) in [7, 11) is 0. The van der Waals surface area contributed by atoms with Crippen molar-refractivity contribution in [1.82, 2.24) is 19.9 Å². The molecule has 0 unspecified atom stereocenters. The molecule has 0 aliphatic heterocycles. The number of aryl methyl sites for hydroxylation is 1. The third-order valence-electron chi connectivity index (χ3n) is 5.53. The summed E-state index contributed by atoms with van der Waals surface area (Å²) in [5.41, 5.74) is 1.60. The second kappa shape index (κ2) is 6.39. The van der Waals surface area contributed by atoms with E-state index in [0.29, 0.717) is 5.92 Å². The highest BCUT2D eigenvalue weighted by Gasteiger charge is 2.44. The van der Waals surface area contributed by atoms with Crippen LogP contribution in [0.1, 0.15) is 75.7 Å². The third kappa shape index (κ3) is 3.11. The van der Waals surface area contributed by atoms with E-state index >= 15 is 0 Å².